The Kier molecular flexibility index (Phi) is 4.08. The Morgan fingerprint density at radius 3 is 2.52 bits per heavy atom. The van der Waals surface area contributed by atoms with E-state index in [0.717, 1.165) is 16.2 Å². The second-order valence-corrected chi connectivity index (χ2v) is 7.15. The minimum atomic E-state index is -0.430. The predicted octanol–water partition coefficient (Wildman–Crippen LogP) is 3.81. The Morgan fingerprint density at radius 2 is 1.81 bits per heavy atom. The van der Waals surface area contributed by atoms with Crippen molar-refractivity contribution in [1.29, 1.82) is 0 Å². The number of nitrogens with zero attached hydrogens (tertiary/aromatic N) is 2. The van der Waals surface area contributed by atoms with E-state index in [2.05, 4.69) is 10.3 Å². The highest BCUT2D eigenvalue weighted by Gasteiger charge is 2.37. The van der Waals surface area contributed by atoms with Gasteiger partial charge in [0.1, 0.15) is 0 Å². The van der Waals surface area contributed by atoms with E-state index in [9.17, 15) is 14.4 Å². The van der Waals surface area contributed by atoms with Crippen molar-refractivity contribution in [2.75, 3.05) is 10.2 Å². The Hall–Kier alpha value is -3.32. The van der Waals surface area contributed by atoms with Gasteiger partial charge in [0.15, 0.2) is 5.13 Å². The van der Waals surface area contributed by atoms with Crippen molar-refractivity contribution in [3.05, 3.63) is 75.8 Å². The molecule has 0 spiro atoms. The van der Waals surface area contributed by atoms with Gasteiger partial charge in [-0.1, -0.05) is 12.1 Å². The summed E-state index contributed by atoms with van der Waals surface area (Å²) in [5.74, 6) is -1.19. The number of imide groups is 1. The Bertz CT molecular complexity index is 1100. The van der Waals surface area contributed by atoms with Crippen LogP contribution in [-0.2, 0) is 0 Å². The predicted molar refractivity (Wildman–Crippen MR) is 104 cm³/mol. The van der Waals surface area contributed by atoms with Crippen molar-refractivity contribution in [1.82, 2.24) is 4.98 Å². The molecule has 0 saturated heterocycles. The van der Waals surface area contributed by atoms with Crippen LogP contribution in [0.1, 0.15) is 42.3 Å². The largest absolute Gasteiger partial charge is 0.298 e. The van der Waals surface area contributed by atoms with E-state index in [-0.39, 0.29) is 17.4 Å². The summed E-state index contributed by atoms with van der Waals surface area (Å²) >= 11 is 1.33. The molecule has 0 atom stereocenters. The van der Waals surface area contributed by atoms with Gasteiger partial charge in [0.25, 0.3) is 17.7 Å². The Labute approximate surface area is 159 Å². The van der Waals surface area contributed by atoms with Gasteiger partial charge in [0.05, 0.1) is 22.5 Å². The zero-order valence-electron chi connectivity index (χ0n) is 14.6. The van der Waals surface area contributed by atoms with Crippen molar-refractivity contribution < 1.29 is 14.4 Å². The fraction of sp³-hybridized carbons (Fsp3) is 0.100. The number of thiazole rings is 1. The Morgan fingerprint density at radius 1 is 1.04 bits per heavy atom. The van der Waals surface area contributed by atoms with Gasteiger partial charge in [0, 0.05) is 10.9 Å². The third-order valence-corrected chi connectivity index (χ3v) is 5.12. The van der Waals surface area contributed by atoms with Gasteiger partial charge < -0.3 is 0 Å². The third kappa shape index (κ3) is 3.02. The summed E-state index contributed by atoms with van der Waals surface area (Å²) in [6, 6.07) is 11.7. The van der Waals surface area contributed by atoms with E-state index in [1.54, 1.807) is 24.3 Å². The zero-order chi connectivity index (χ0) is 19.1. The van der Waals surface area contributed by atoms with Gasteiger partial charge in [-0.15, -0.1) is 11.3 Å². The molecular weight excluding hydrogens is 362 g/mol. The van der Waals surface area contributed by atoms with Crippen LogP contribution in [0, 0.1) is 13.8 Å². The van der Waals surface area contributed by atoms with Crippen LogP contribution >= 0.6 is 11.3 Å². The van der Waals surface area contributed by atoms with Gasteiger partial charge in [-0.05, 0) is 49.7 Å². The maximum atomic E-state index is 12.8. The van der Waals surface area contributed by atoms with Gasteiger partial charge >= 0.3 is 0 Å². The first-order valence-corrected chi connectivity index (χ1v) is 9.15. The molecule has 0 unspecified atom stereocenters. The number of carbonyl (C=O) groups excluding carboxylic acids is 3. The van der Waals surface area contributed by atoms with E-state index < -0.39 is 5.91 Å². The molecule has 0 aliphatic carbocycles. The molecule has 0 bridgehead atoms. The van der Waals surface area contributed by atoms with Crippen LogP contribution in [0.3, 0.4) is 0 Å². The first-order valence-electron chi connectivity index (χ1n) is 8.27. The van der Waals surface area contributed by atoms with Crippen molar-refractivity contribution in [3.8, 4) is 0 Å². The molecular formula is C20H15N3O3S. The lowest BCUT2D eigenvalue weighted by Gasteiger charge is -2.14. The summed E-state index contributed by atoms with van der Waals surface area (Å²) in [6.45, 7) is 3.73. The molecule has 1 aliphatic heterocycles. The standard InChI is InChI=1S/C20H15N3O3S/c1-11-4-3-5-14(8-11)23-18(25)15-7-6-13(9-16(15)19(23)26)17(24)22-20-21-12(2)10-27-20/h3-10H,1-2H3,(H,21,22,24). The number of amides is 3. The number of anilines is 2. The quantitative estimate of drug-likeness (QED) is 0.704. The number of hydrogen-bond donors (Lipinski definition) is 1. The first kappa shape index (κ1) is 17.1. The maximum Gasteiger partial charge on any atom is 0.266 e. The van der Waals surface area contributed by atoms with Gasteiger partial charge in [-0.25, -0.2) is 9.88 Å². The summed E-state index contributed by atoms with van der Waals surface area (Å²) in [5.41, 5.74) is 3.11. The van der Waals surface area contributed by atoms with E-state index >= 15 is 0 Å². The fourth-order valence-corrected chi connectivity index (χ4v) is 3.65. The van der Waals surface area contributed by atoms with E-state index in [1.807, 2.05) is 25.3 Å². The molecule has 27 heavy (non-hydrogen) atoms. The average Bonchev–Trinajstić information content (AvgIpc) is 3.16. The third-order valence-electron chi connectivity index (χ3n) is 4.25. The van der Waals surface area contributed by atoms with E-state index in [4.69, 9.17) is 0 Å². The number of aromatic nitrogens is 1. The van der Waals surface area contributed by atoms with Crippen LogP contribution in [-0.4, -0.2) is 22.7 Å². The van der Waals surface area contributed by atoms with Gasteiger partial charge in [-0.2, -0.15) is 0 Å². The number of hydrogen-bond acceptors (Lipinski definition) is 5. The summed E-state index contributed by atoms with van der Waals surface area (Å²) in [5, 5.41) is 5.03. The second-order valence-electron chi connectivity index (χ2n) is 6.29. The molecule has 3 aromatic rings. The number of carbonyl (C=O) groups is 3. The monoisotopic (exact) mass is 377 g/mol. The molecule has 4 rings (SSSR count). The topological polar surface area (TPSA) is 79.4 Å². The molecule has 1 aliphatic rings. The van der Waals surface area contributed by atoms with Crippen LogP contribution < -0.4 is 10.2 Å². The van der Waals surface area contributed by atoms with Crippen molar-refractivity contribution in [2.24, 2.45) is 0 Å². The van der Waals surface area contributed by atoms with Crippen LogP contribution in [0.25, 0.3) is 0 Å². The molecule has 6 nitrogen and oxygen atoms in total. The molecule has 1 N–H and O–H groups in total. The van der Waals surface area contributed by atoms with Gasteiger partial charge in [0.2, 0.25) is 0 Å². The van der Waals surface area contributed by atoms with Crippen molar-refractivity contribution >= 4 is 39.9 Å². The smallest absolute Gasteiger partial charge is 0.266 e. The molecule has 134 valence electrons. The summed E-state index contributed by atoms with van der Waals surface area (Å²) in [7, 11) is 0. The molecule has 0 radical (unpaired) electrons. The summed E-state index contributed by atoms with van der Waals surface area (Å²) in [4.78, 5) is 43.3. The van der Waals surface area contributed by atoms with Crippen molar-refractivity contribution in [3.63, 3.8) is 0 Å². The average molecular weight is 377 g/mol. The SMILES string of the molecule is Cc1cccc(N2C(=O)c3ccc(C(=O)Nc4nc(C)cs4)cc3C2=O)c1. The molecule has 3 amide bonds. The Balaban J connectivity index is 1.65. The highest BCUT2D eigenvalue weighted by atomic mass is 32.1. The van der Waals surface area contributed by atoms with Gasteiger partial charge in [-0.3, -0.25) is 19.7 Å². The number of fused-ring (bicyclic) bond motifs is 1. The minimum Gasteiger partial charge on any atom is -0.298 e. The highest BCUT2D eigenvalue weighted by Crippen LogP contribution is 2.29. The summed E-state index contributed by atoms with van der Waals surface area (Å²) in [6.07, 6.45) is 0. The molecule has 0 fully saturated rings. The van der Waals surface area contributed by atoms with E-state index in [0.29, 0.717) is 21.9 Å². The number of aryl methyl sites for hydroxylation is 2. The van der Waals surface area contributed by atoms with Crippen LogP contribution in [0.5, 0.6) is 0 Å². The van der Waals surface area contributed by atoms with E-state index in [1.165, 1.54) is 23.5 Å². The normalized spacial score (nSPS) is 13.0. The number of rotatable bonds is 3. The number of nitrogens with one attached hydrogen (secondary N) is 1. The van der Waals surface area contributed by atoms with Crippen molar-refractivity contribution in [2.45, 2.75) is 13.8 Å². The van der Waals surface area contributed by atoms with Crippen LogP contribution in [0.15, 0.2) is 47.8 Å². The fourth-order valence-electron chi connectivity index (χ4n) is 2.96. The summed E-state index contributed by atoms with van der Waals surface area (Å²) < 4.78 is 0. The lowest BCUT2D eigenvalue weighted by Crippen LogP contribution is -2.29. The molecule has 7 heteroatoms. The molecule has 2 heterocycles. The van der Waals surface area contributed by atoms with Crippen LogP contribution in [0.2, 0.25) is 0 Å². The molecule has 1 aromatic heterocycles. The van der Waals surface area contributed by atoms with Crippen LogP contribution in [0.4, 0.5) is 10.8 Å². The lowest BCUT2D eigenvalue weighted by atomic mass is 10.1. The highest BCUT2D eigenvalue weighted by molar-refractivity contribution is 7.13. The zero-order valence-corrected chi connectivity index (χ0v) is 15.5. The number of benzene rings is 2. The second kappa shape index (κ2) is 6.44. The minimum absolute atomic E-state index is 0.226. The molecule has 2 aromatic carbocycles. The maximum absolute atomic E-state index is 12.8. The lowest BCUT2D eigenvalue weighted by molar-refractivity contribution is 0.0925. The first-order chi connectivity index (χ1) is 12.9. The molecule has 0 saturated carbocycles.